The van der Waals surface area contributed by atoms with Gasteiger partial charge in [-0.15, -0.1) is 0 Å². The summed E-state index contributed by atoms with van der Waals surface area (Å²) in [6, 6.07) is 3.68. The Morgan fingerprint density at radius 3 is 3.00 bits per heavy atom. The number of carbonyl (C=O) groups is 2. The molecule has 1 fully saturated rings. The van der Waals surface area contributed by atoms with E-state index < -0.39 is 11.7 Å². The van der Waals surface area contributed by atoms with E-state index in [1.54, 1.807) is 11.9 Å². The molecule has 0 spiro atoms. The number of amides is 2. The number of hydrogen-bond acceptors (Lipinski definition) is 4. The number of nitrogens with one attached hydrogen (secondary N) is 1. The maximum Gasteiger partial charge on any atom is 0.255 e. The highest BCUT2D eigenvalue weighted by atomic mass is 19.1. The van der Waals surface area contributed by atoms with Crippen LogP contribution in [-0.2, 0) is 4.79 Å². The zero-order valence-electron chi connectivity index (χ0n) is 13.2. The molecule has 1 saturated heterocycles. The summed E-state index contributed by atoms with van der Waals surface area (Å²) in [6.45, 7) is 1.13. The molecular formula is C16H22FN3O3. The Hall–Kier alpha value is -2.15. The second-order valence-corrected chi connectivity index (χ2v) is 5.59. The van der Waals surface area contributed by atoms with Crippen LogP contribution in [0.4, 0.5) is 4.39 Å². The molecule has 1 unspecified atom stereocenters. The van der Waals surface area contributed by atoms with Gasteiger partial charge in [0.15, 0.2) is 0 Å². The van der Waals surface area contributed by atoms with Crippen LogP contribution in [-0.4, -0.2) is 49.5 Å². The zero-order valence-corrected chi connectivity index (χ0v) is 13.2. The monoisotopic (exact) mass is 323 g/mol. The first-order valence-corrected chi connectivity index (χ1v) is 7.68. The Morgan fingerprint density at radius 2 is 2.26 bits per heavy atom. The summed E-state index contributed by atoms with van der Waals surface area (Å²) in [6.07, 6.45) is 1.63. The Kier molecular flexibility index (Phi) is 5.92. The summed E-state index contributed by atoms with van der Waals surface area (Å²) >= 11 is 0. The van der Waals surface area contributed by atoms with Crippen LogP contribution >= 0.6 is 0 Å². The summed E-state index contributed by atoms with van der Waals surface area (Å²) in [5.74, 6) is -0.541. The maximum atomic E-state index is 13.5. The molecule has 0 saturated carbocycles. The van der Waals surface area contributed by atoms with Crippen molar-refractivity contribution in [1.82, 2.24) is 10.2 Å². The lowest BCUT2D eigenvalue weighted by molar-refractivity contribution is -0.129. The van der Waals surface area contributed by atoms with E-state index in [0.29, 0.717) is 38.1 Å². The molecule has 3 N–H and O–H groups in total. The number of nitrogens with two attached hydrogens (primary N) is 1. The average molecular weight is 323 g/mol. The first-order chi connectivity index (χ1) is 11.0. The Morgan fingerprint density at radius 1 is 1.48 bits per heavy atom. The third kappa shape index (κ3) is 4.66. The number of halogens is 1. The predicted octanol–water partition coefficient (Wildman–Crippen LogP) is 0.904. The number of carbonyl (C=O) groups excluding carboxylic acids is 2. The third-order valence-corrected chi connectivity index (χ3v) is 3.84. The van der Waals surface area contributed by atoms with Crippen LogP contribution < -0.4 is 15.8 Å². The topological polar surface area (TPSA) is 84.7 Å². The van der Waals surface area contributed by atoms with Gasteiger partial charge < -0.3 is 20.7 Å². The number of nitrogens with zero attached hydrogens (tertiary/aromatic N) is 1. The van der Waals surface area contributed by atoms with Crippen LogP contribution in [0, 0.1) is 5.82 Å². The molecular weight excluding hydrogens is 301 g/mol. The maximum absolute atomic E-state index is 13.5. The Bertz CT molecular complexity index is 580. The lowest BCUT2D eigenvalue weighted by atomic mass is 10.1. The van der Waals surface area contributed by atoms with Gasteiger partial charge in [0.25, 0.3) is 5.91 Å². The molecule has 1 aliphatic heterocycles. The molecule has 1 aromatic carbocycles. The molecule has 1 aliphatic rings. The van der Waals surface area contributed by atoms with Crippen molar-refractivity contribution in [2.75, 3.05) is 26.7 Å². The average Bonchev–Trinajstić information content (AvgIpc) is 2.69. The summed E-state index contributed by atoms with van der Waals surface area (Å²) in [5, 5.41) is 2.86. The van der Waals surface area contributed by atoms with Gasteiger partial charge in [0.2, 0.25) is 5.91 Å². The molecule has 0 bridgehead atoms. The van der Waals surface area contributed by atoms with E-state index in [0.717, 1.165) is 6.07 Å². The quantitative estimate of drug-likeness (QED) is 0.843. The molecule has 1 aromatic rings. The number of ether oxygens (including phenoxy) is 1. The van der Waals surface area contributed by atoms with E-state index in [2.05, 4.69) is 5.32 Å². The zero-order chi connectivity index (χ0) is 16.8. The van der Waals surface area contributed by atoms with Crippen molar-refractivity contribution in [2.24, 2.45) is 5.73 Å². The lowest BCUT2D eigenvalue weighted by Crippen LogP contribution is -2.35. The first-order valence-electron chi connectivity index (χ1n) is 7.68. The van der Waals surface area contributed by atoms with Gasteiger partial charge in [-0.3, -0.25) is 9.59 Å². The molecule has 1 atom stereocenters. The highest BCUT2D eigenvalue weighted by Crippen LogP contribution is 2.21. The van der Waals surface area contributed by atoms with Gasteiger partial charge in [-0.05, 0) is 31.0 Å². The first kappa shape index (κ1) is 17.2. The second kappa shape index (κ2) is 7.92. The molecule has 2 amide bonds. The smallest absolute Gasteiger partial charge is 0.255 e. The summed E-state index contributed by atoms with van der Waals surface area (Å²) in [7, 11) is 1.75. The fraction of sp³-hybridized carbons (Fsp3) is 0.500. The molecule has 7 heteroatoms. The van der Waals surface area contributed by atoms with Gasteiger partial charge in [-0.1, -0.05) is 0 Å². The number of likely N-dealkylation sites (tertiary alicyclic amines) is 1. The van der Waals surface area contributed by atoms with Crippen LogP contribution in [0.3, 0.4) is 0 Å². The predicted molar refractivity (Wildman–Crippen MR) is 83.7 cm³/mol. The van der Waals surface area contributed by atoms with Crippen LogP contribution in [0.25, 0.3) is 0 Å². The van der Waals surface area contributed by atoms with Gasteiger partial charge in [0, 0.05) is 32.6 Å². The normalized spacial score (nSPS) is 18.5. The Balaban J connectivity index is 2.07. The molecule has 0 radical (unpaired) electrons. The number of rotatable bonds is 5. The van der Waals surface area contributed by atoms with Gasteiger partial charge in [-0.25, -0.2) is 4.39 Å². The van der Waals surface area contributed by atoms with Crippen molar-refractivity contribution in [1.29, 1.82) is 0 Å². The summed E-state index contributed by atoms with van der Waals surface area (Å²) < 4.78 is 18.9. The highest BCUT2D eigenvalue weighted by Gasteiger charge is 2.23. The molecule has 0 aliphatic carbocycles. The molecule has 1 heterocycles. The number of benzene rings is 1. The number of hydrogen-bond donors (Lipinski definition) is 2. The fourth-order valence-electron chi connectivity index (χ4n) is 2.49. The van der Waals surface area contributed by atoms with Gasteiger partial charge >= 0.3 is 0 Å². The van der Waals surface area contributed by atoms with E-state index >= 15 is 0 Å². The van der Waals surface area contributed by atoms with Gasteiger partial charge in [0.05, 0.1) is 5.56 Å². The molecule has 2 rings (SSSR count). The standard InChI is InChI=1S/C16H22FN3O3/c1-20-8-6-12(3-5-15(20)21)19-16(22)13-10-11(17)2-4-14(13)23-9-7-18/h2,4,10,12H,3,5-9,18H2,1H3,(H,19,22). The van der Waals surface area contributed by atoms with Crippen molar-refractivity contribution in [3.05, 3.63) is 29.6 Å². The lowest BCUT2D eigenvalue weighted by Gasteiger charge is -2.18. The van der Waals surface area contributed by atoms with Crippen LogP contribution in [0.2, 0.25) is 0 Å². The van der Waals surface area contributed by atoms with Gasteiger partial charge in [-0.2, -0.15) is 0 Å². The van der Waals surface area contributed by atoms with Crippen molar-refractivity contribution < 1.29 is 18.7 Å². The Labute approximate surface area is 134 Å². The van der Waals surface area contributed by atoms with Gasteiger partial charge in [0.1, 0.15) is 18.2 Å². The van der Waals surface area contributed by atoms with Crippen molar-refractivity contribution in [3.63, 3.8) is 0 Å². The molecule has 23 heavy (non-hydrogen) atoms. The highest BCUT2D eigenvalue weighted by molar-refractivity contribution is 5.97. The third-order valence-electron chi connectivity index (χ3n) is 3.84. The van der Waals surface area contributed by atoms with E-state index in [1.165, 1.54) is 12.1 Å². The van der Waals surface area contributed by atoms with Crippen molar-refractivity contribution >= 4 is 11.8 Å². The SMILES string of the molecule is CN1CCC(NC(=O)c2cc(F)ccc2OCCN)CCC1=O. The van der Waals surface area contributed by atoms with Crippen LogP contribution in [0.5, 0.6) is 5.75 Å². The second-order valence-electron chi connectivity index (χ2n) is 5.59. The minimum absolute atomic E-state index is 0.0690. The van der Waals surface area contributed by atoms with Crippen molar-refractivity contribution in [3.8, 4) is 5.75 Å². The van der Waals surface area contributed by atoms with E-state index in [9.17, 15) is 14.0 Å². The molecule has 6 nitrogen and oxygen atoms in total. The van der Waals surface area contributed by atoms with E-state index in [4.69, 9.17) is 10.5 Å². The minimum atomic E-state index is -0.508. The van der Waals surface area contributed by atoms with Crippen LogP contribution in [0.15, 0.2) is 18.2 Å². The van der Waals surface area contributed by atoms with E-state index in [1.807, 2.05) is 0 Å². The molecule has 0 aromatic heterocycles. The van der Waals surface area contributed by atoms with Crippen molar-refractivity contribution in [2.45, 2.75) is 25.3 Å². The molecule has 126 valence electrons. The largest absolute Gasteiger partial charge is 0.491 e. The summed E-state index contributed by atoms with van der Waals surface area (Å²) in [5.41, 5.74) is 5.53. The van der Waals surface area contributed by atoms with Crippen LogP contribution in [0.1, 0.15) is 29.6 Å². The summed E-state index contributed by atoms with van der Waals surface area (Å²) in [4.78, 5) is 25.8. The fourth-order valence-corrected chi connectivity index (χ4v) is 2.49. The minimum Gasteiger partial charge on any atom is -0.491 e. The van der Waals surface area contributed by atoms with E-state index in [-0.39, 0.29) is 24.1 Å².